The number of carbonyl (C=O) groups is 1. The summed E-state index contributed by atoms with van der Waals surface area (Å²) in [7, 11) is 0. The molecule has 6 heteroatoms. The molecule has 0 aliphatic carbocycles. The first-order chi connectivity index (χ1) is 8.57. The topological polar surface area (TPSA) is 78.9 Å². The molecule has 0 radical (unpaired) electrons. The largest absolute Gasteiger partial charge is 0.409 e. The first kappa shape index (κ1) is 13.5. The first-order valence-electron chi connectivity index (χ1n) is 6.45. The maximum absolute atomic E-state index is 12.2. The Kier molecular flexibility index (Phi) is 4.04. The molecular formula is C12H21N3O2S. The minimum Gasteiger partial charge on any atom is -0.409 e. The van der Waals surface area contributed by atoms with Crippen LogP contribution in [0.1, 0.15) is 32.6 Å². The fraction of sp³-hybridized carbons (Fsp3) is 0.833. The summed E-state index contributed by atoms with van der Waals surface area (Å²) in [5.41, 5.74) is 5.45. The quantitative estimate of drug-likeness (QED) is 0.343. The normalized spacial score (nSPS) is 28.4. The minimum absolute atomic E-state index is 0.165. The van der Waals surface area contributed by atoms with Gasteiger partial charge in [0.2, 0.25) is 5.91 Å². The van der Waals surface area contributed by atoms with Crippen LogP contribution in [0.25, 0.3) is 0 Å². The molecule has 1 unspecified atom stereocenters. The zero-order valence-electron chi connectivity index (χ0n) is 10.8. The molecule has 0 spiro atoms. The van der Waals surface area contributed by atoms with Crippen molar-refractivity contribution in [1.82, 2.24) is 4.90 Å². The predicted octanol–water partition coefficient (Wildman–Crippen LogP) is 1.26. The second-order valence-corrected chi connectivity index (χ2v) is 6.68. The first-order valence-corrected chi connectivity index (χ1v) is 7.50. The van der Waals surface area contributed by atoms with Gasteiger partial charge in [-0.25, -0.2) is 0 Å². The van der Waals surface area contributed by atoms with Crippen molar-refractivity contribution in [2.75, 3.05) is 18.8 Å². The highest BCUT2D eigenvalue weighted by molar-refractivity contribution is 8.00. The smallest absolute Gasteiger partial charge is 0.235 e. The van der Waals surface area contributed by atoms with Crippen molar-refractivity contribution in [3.63, 3.8) is 0 Å². The summed E-state index contributed by atoms with van der Waals surface area (Å²) in [4.78, 5) is 14.2. The van der Waals surface area contributed by atoms with E-state index in [-0.39, 0.29) is 22.4 Å². The molecule has 3 N–H and O–H groups in total. The molecule has 2 heterocycles. The molecule has 2 aliphatic heterocycles. The fourth-order valence-corrected chi connectivity index (χ4v) is 3.82. The van der Waals surface area contributed by atoms with E-state index < -0.39 is 0 Å². The highest BCUT2D eigenvalue weighted by Crippen LogP contribution is 2.33. The summed E-state index contributed by atoms with van der Waals surface area (Å²) in [6, 6.07) is 0. The number of hydrogen-bond donors (Lipinski definition) is 2. The molecule has 102 valence electrons. The van der Waals surface area contributed by atoms with Gasteiger partial charge in [-0.3, -0.25) is 4.79 Å². The summed E-state index contributed by atoms with van der Waals surface area (Å²) in [5, 5.41) is 12.1. The molecule has 0 bridgehead atoms. The number of thioether (sulfide) groups is 1. The van der Waals surface area contributed by atoms with Crippen molar-refractivity contribution >= 4 is 23.5 Å². The van der Waals surface area contributed by atoms with E-state index in [1.165, 1.54) is 0 Å². The van der Waals surface area contributed by atoms with Gasteiger partial charge >= 0.3 is 0 Å². The van der Waals surface area contributed by atoms with Crippen LogP contribution in [0.3, 0.4) is 0 Å². The lowest BCUT2D eigenvalue weighted by Crippen LogP contribution is -2.49. The third kappa shape index (κ3) is 2.58. The Labute approximate surface area is 112 Å². The molecule has 0 aromatic rings. The number of amidine groups is 1. The van der Waals surface area contributed by atoms with Crippen molar-refractivity contribution in [3.8, 4) is 0 Å². The van der Waals surface area contributed by atoms with Crippen LogP contribution in [0.5, 0.6) is 0 Å². The zero-order valence-corrected chi connectivity index (χ0v) is 11.6. The third-order valence-electron chi connectivity index (χ3n) is 4.11. The van der Waals surface area contributed by atoms with E-state index in [4.69, 9.17) is 10.9 Å². The van der Waals surface area contributed by atoms with E-state index in [0.717, 1.165) is 31.4 Å². The number of rotatable bonds is 2. The van der Waals surface area contributed by atoms with Crippen molar-refractivity contribution < 1.29 is 10.0 Å². The van der Waals surface area contributed by atoms with Gasteiger partial charge < -0.3 is 15.8 Å². The van der Waals surface area contributed by atoms with Crippen LogP contribution in [0.2, 0.25) is 0 Å². The van der Waals surface area contributed by atoms with Gasteiger partial charge in [-0.05, 0) is 31.4 Å². The van der Waals surface area contributed by atoms with Gasteiger partial charge in [0.05, 0.1) is 5.25 Å². The summed E-state index contributed by atoms with van der Waals surface area (Å²) in [5.74, 6) is 1.66. The molecule has 2 fully saturated rings. The number of oxime groups is 1. The van der Waals surface area contributed by atoms with Crippen LogP contribution in [-0.2, 0) is 4.79 Å². The molecule has 2 saturated heterocycles. The number of amides is 1. The zero-order chi connectivity index (χ0) is 13.2. The number of piperidine rings is 1. The van der Waals surface area contributed by atoms with Gasteiger partial charge in [-0.15, -0.1) is 11.8 Å². The van der Waals surface area contributed by atoms with Crippen LogP contribution in [0.4, 0.5) is 0 Å². The molecule has 18 heavy (non-hydrogen) atoms. The number of likely N-dealkylation sites (tertiary alicyclic amines) is 1. The van der Waals surface area contributed by atoms with E-state index in [2.05, 4.69) is 5.16 Å². The Morgan fingerprint density at radius 1 is 1.50 bits per heavy atom. The maximum atomic E-state index is 12.2. The van der Waals surface area contributed by atoms with Crippen molar-refractivity contribution in [1.29, 1.82) is 0 Å². The van der Waals surface area contributed by atoms with Gasteiger partial charge in [0.1, 0.15) is 5.84 Å². The fourth-order valence-electron chi connectivity index (χ4n) is 2.57. The van der Waals surface area contributed by atoms with Crippen LogP contribution in [0, 0.1) is 5.41 Å². The van der Waals surface area contributed by atoms with Crippen LogP contribution < -0.4 is 5.73 Å². The van der Waals surface area contributed by atoms with E-state index in [9.17, 15) is 4.79 Å². The minimum atomic E-state index is -0.269. The van der Waals surface area contributed by atoms with E-state index >= 15 is 0 Å². The molecule has 0 aromatic carbocycles. The molecular weight excluding hydrogens is 250 g/mol. The average Bonchev–Trinajstić information content (AvgIpc) is 2.91. The standard InChI is InChI=1S/C12H21N3O2S/c1-12(11(13)14-17)4-6-15(7-5-12)10(16)9-3-2-8-18-9/h9,17H,2-8H2,1H3,(H2,13,14). The Hall–Kier alpha value is -0.910. The highest BCUT2D eigenvalue weighted by Gasteiger charge is 2.37. The Balaban J connectivity index is 1.92. The second-order valence-electron chi connectivity index (χ2n) is 5.37. The molecule has 0 aromatic heterocycles. The molecule has 1 amide bonds. The van der Waals surface area contributed by atoms with E-state index in [1.807, 2.05) is 11.8 Å². The lowest BCUT2D eigenvalue weighted by molar-refractivity contribution is -0.132. The summed E-state index contributed by atoms with van der Waals surface area (Å²) in [6.07, 6.45) is 3.70. The molecule has 2 rings (SSSR count). The van der Waals surface area contributed by atoms with Crippen molar-refractivity contribution in [3.05, 3.63) is 0 Å². The molecule has 0 saturated carbocycles. The molecule has 1 atom stereocenters. The Morgan fingerprint density at radius 3 is 2.67 bits per heavy atom. The SMILES string of the molecule is CC1(C(N)=NO)CCN(C(=O)C2CCCS2)CC1. The van der Waals surface area contributed by atoms with Gasteiger partial charge in [-0.1, -0.05) is 12.1 Å². The van der Waals surface area contributed by atoms with Crippen molar-refractivity contribution in [2.24, 2.45) is 16.3 Å². The monoisotopic (exact) mass is 271 g/mol. The summed E-state index contributed by atoms with van der Waals surface area (Å²) < 4.78 is 0. The van der Waals surface area contributed by atoms with E-state index in [1.54, 1.807) is 11.8 Å². The Bertz CT molecular complexity index is 345. The van der Waals surface area contributed by atoms with Crippen LogP contribution in [-0.4, -0.2) is 45.9 Å². The average molecular weight is 271 g/mol. The number of nitrogens with two attached hydrogens (primary N) is 1. The van der Waals surface area contributed by atoms with Gasteiger partial charge in [0.25, 0.3) is 0 Å². The molecule has 5 nitrogen and oxygen atoms in total. The highest BCUT2D eigenvalue weighted by atomic mass is 32.2. The van der Waals surface area contributed by atoms with Crippen molar-refractivity contribution in [2.45, 2.75) is 37.9 Å². The Morgan fingerprint density at radius 2 is 2.17 bits per heavy atom. The third-order valence-corrected chi connectivity index (χ3v) is 5.47. The summed E-state index contributed by atoms with van der Waals surface area (Å²) in [6.45, 7) is 3.42. The van der Waals surface area contributed by atoms with Crippen LogP contribution in [0.15, 0.2) is 5.16 Å². The number of hydrogen-bond acceptors (Lipinski definition) is 4. The van der Waals surface area contributed by atoms with Gasteiger partial charge in [0, 0.05) is 18.5 Å². The predicted molar refractivity (Wildman–Crippen MR) is 72.8 cm³/mol. The van der Waals surface area contributed by atoms with E-state index in [0.29, 0.717) is 13.1 Å². The lowest BCUT2D eigenvalue weighted by atomic mass is 9.79. The van der Waals surface area contributed by atoms with Gasteiger partial charge in [0.15, 0.2) is 0 Å². The van der Waals surface area contributed by atoms with Crippen LogP contribution >= 0.6 is 11.8 Å². The summed E-state index contributed by atoms with van der Waals surface area (Å²) >= 11 is 1.78. The second kappa shape index (κ2) is 5.38. The molecule has 2 aliphatic rings. The number of carbonyl (C=O) groups excluding carboxylic acids is 1. The van der Waals surface area contributed by atoms with Gasteiger partial charge in [-0.2, -0.15) is 0 Å². The lowest BCUT2D eigenvalue weighted by Gasteiger charge is -2.39. The maximum Gasteiger partial charge on any atom is 0.235 e. The number of nitrogens with zero attached hydrogens (tertiary/aromatic N) is 2.